The lowest BCUT2D eigenvalue weighted by atomic mass is 10.1. The SMILES string of the molecule is COc1ccc(-c2cnnn2-c2cc(OC)c3c(c2)OCO3)c(P(=O)(O)O)c1. The van der Waals surface area contributed by atoms with Crippen molar-refractivity contribution in [1.29, 1.82) is 0 Å². The van der Waals surface area contributed by atoms with E-state index in [1.54, 1.807) is 24.3 Å². The molecule has 0 amide bonds. The second kappa shape index (κ2) is 6.83. The third-order valence-corrected chi connectivity index (χ3v) is 5.23. The van der Waals surface area contributed by atoms with Gasteiger partial charge in [0.05, 0.1) is 37.1 Å². The molecule has 0 saturated carbocycles. The van der Waals surface area contributed by atoms with E-state index in [4.69, 9.17) is 18.9 Å². The van der Waals surface area contributed by atoms with Gasteiger partial charge in [0.1, 0.15) is 5.75 Å². The largest absolute Gasteiger partial charge is 0.497 e. The highest BCUT2D eigenvalue weighted by atomic mass is 31.2. The van der Waals surface area contributed by atoms with Crippen LogP contribution in [0.5, 0.6) is 23.0 Å². The Kier molecular flexibility index (Phi) is 4.46. The third-order valence-electron chi connectivity index (χ3n) is 4.23. The molecule has 1 aromatic heterocycles. The molecule has 0 unspecified atom stereocenters. The molecule has 2 N–H and O–H groups in total. The van der Waals surface area contributed by atoms with E-state index in [0.717, 1.165) is 0 Å². The number of hydrogen-bond donors (Lipinski definition) is 2. The maximum absolute atomic E-state index is 12.1. The number of aromatic nitrogens is 3. The average Bonchev–Trinajstić information content (AvgIpc) is 3.35. The topological polar surface area (TPSA) is 125 Å². The highest BCUT2D eigenvalue weighted by molar-refractivity contribution is 7.60. The minimum absolute atomic E-state index is 0.0696. The molecule has 28 heavy (non-hydrogen) atoms. The number of methoxy groups -OCH3 is 2. The number of ether oxygens (including phenoxy) is 4. The summed E-state index contributed by atoms with van der Waals surface area (Å²) in [6.45, 7) is 0.0696. The molecule has 146 valence electrons. The molecule has 3 aromatic rings. The van der Waals surface area contributed by atoms with E-state index < -0.39 is 7.60 Å². The van der Waals surface area contributed by atoms with E-state index in [1.165, 1.54) is 31.2 Å². The van der Waals surface area contributed by atoms with Gasteiger partial charge in [-0.25, -0.2) is 4.68 Å². The molecule has 0 radical (unpaired) electrons. The molecular weight excluding hydrogens is 389 g/mol. The maximum atomic E-state index is 12.1. The molecule has 0 bridgehead atoms. The lowest BCUT2D eigenvalue weighted by molar-refractivity contribution is 0.171. The smallest absolute Gasteiger partial charge is 0.357 e. The van der Waals surface area contributed by atoms with Crippen molar-refractivity contribution in [2.24, 2.45) is 0 Å². The maximum Gasteiger partial charge on any atom is 0.357 e. The summed E-state index contributed by atoms with van der Waals surface area (Å²) < 4.78 is 34.7. The molecule has 0 saturated heterocycles. The molecule has 0 spiro atoms. The summed E-state index contributed by atoms with van der Waals surface area (Å²) in [5.74, 6) is 1.72. The Morgan fingerprint density at radius 2 is 1.96 bits per heavy atom. The Morgan fingerprint density at radius 3 is 2.68 bits per heavy atom. The minimum Gasteiger partial charge on any atom is -0.497 e. The van der Waals surface area contributed by atoms with Crippen LogP contribution < -0.4 is 24.3 Å². The van der Waals surface area contributed by atoms with Crippen molar-refractivity contribution in [3.63, 3.8) is 0 Å². The molecule has 11 heteroatoms. The van der Waals surface area contributed by atoms with Crippen molar-refractivity contribution in [3.05, 3.63) is 36.5 Å². The predicted octanol–water partition coefficient (Wildman–Crippen LogP) is 1.48. The zero-order valence-electron chi connectivity index (χ0n) is 14.9. The lowest BCUT2D eigenvalue weighted by Crippen LogP contribution is -2.11. The summed E-state index contributed by atoms with van der Waals surface area (Å²) in [4.78, 5) is 19.6. The van der Waals surface area contributed by atoms with Crippen molar-refractivity contribution < 1.29 is 33.3 Å². The summed E-state index contributed by atoms with van der Waals surface area (Å²) in [7, 11) is -1.68. The Labute approximate surface area is 159 Å². The van der Waals surface area contributed by atoms with Gasteiger partial charge in [0.25, 0.3) is 0 Å². The molecule has 1 aliphatic heterocycles. The fourth-order valence-corrected chi connectivity index (χ4v) is 3.74. The van der Waals surface area contributed by atoms with Crippen LogP contribution in [0.15, 0.2) is 36.5 Å². The summed E-state index contributed by atoms with van der Waals surface area (Å²) in [5, 5.41) is 7.77. The second-order valence-corrected chi connectivity index (χ2v) is 7.41. The van der Waals surface area contributed by atoms with Crippen LogP contribution in [0.3, 0.4) is 0 Å². The predicted molar refractivity (Wildman–Crippen MR) is 97.7 cm³/mol. The number of fused-ring (bicyclic) bond motifs is 1. The van der Waals surface area contributed by atoms with Crippen molar-refractivity contribution in [2.45, 2.75) is 0 Å². The number of rotatable bonds is 5. The Morgan fingerprint density at radius 1 is 1.14 bits per heavy atom. The third kappa shape index (κ3) is 3.07. The van der Waals surface area contributed by atoms with Crippen molar-refractivity contribution in [1.82, 2.24) is 15.0 Å². The van der Waals surface area contributed by atoms with Gasteiger partial charge in [0, 0.05) is 17.7 Å². The zero-order chi connectivity index (χ0) is 19.9. The van der Waals surface area contributed by atoms with Gasteiger partial charge in [-0.2, -0.15) is 0 Å². The van der Waals surface area contributed by atoms with E-state index in [2.05, 4.69) is 10.3 Å². The van der Waals surface area contributed by atoms with Gasteiger partial charge < -0.3 is 28.7 Å². The quantitative estimate of drug-likeness (QED) is 0.607. The Bertz CT molecular complexity index is 1090. The van der Waals surface area contributed by atoms with Gasteiger partial charge in [-0.1, -0.05) is 5.21 Å². The van der Waals surface area contributed by atoms with Crippen LogP contribution in [0.25, 0.3) is 16.9 Å². The monoisotopic (exact) mass is 405 g/mol. The summed E-state index contributed by atoms with van der Waals surface area (Å²) >= 11 is 0. The van der Waals surface area contributed by atoms with Crippen LogP contribution in [-0.2, 0) is 4.57 Å². The average molecular weight is 405 g/mol. The molecule has 1 aliphatic rings. The van der Waals surface area contributed by atoms with Crippen LogP contribution in [0.4, 0.5) is 0 Å². The molecule has 0 fully saturated rings. The Balaban J connectivity index is 1.89. The summed E-state index contributed by atoms with van der Waals surface area (Å²) in [6.07, 6.45) is 1.41. The van der Waals surface area contributed by atoms with Gasteiger partial charge in [0.15, 0.2) is 11.5 Å². The first kappa shape index (κ1) is 18.3. The first-order valence-corrected chi connectivity index (χ1v) is 9.67. The van der Waals surface area contributed by atoms with Crippen LogP contribution in [0.1, 0.15) is 0 Å². The van der Waals surface area contributed by atoms with Crippen molar-refractivity contribution in [2.75, 3.05) is 21.0 Å². The fourth-order valence-electron chi connectivity index (χ4n) is 2.94. The number of benzene rings is 2. The van der Waals surface area contributed by atoms with E-state index in [9.17, 15) is 14.4 Å². The molecule has 2 aromatic carbocycles. The van der Waals surface area contributed by atoms with E-state index in [-0.39, 0.29) is 17.7 Å². The lowest BCUT2D eigenvalue weighted by Gasteiger charge is -2.14. The van der Waals surface area contributed by atoms with Gasteiger partial charge >= 0.3 is 7.60 Å². The molecular formula is C17H16N3O7P. The van der Waals surface area contributed by atoms with Crippen LogP contribution in [0.2, 0.25) is 0 Å². The highest BCUT2D eigenvalue weighted by Crippen LogP contribution is 2.44. The molecule has 2 heterocycles. The van der Waals surface area contributed by atoms with Crippen molar-refractivity contribution in [3.8, 4) is 39.9 Å². The molecule has 10 nitrogen and oxygen atoms in total. The normalized spacial score (nSPS) is 12.9. The van der Waals surface area contributed by atoms with Crippen LogP contribution in [-0.4, -0.2) is 45.8 Å². The second-order valence-electron chi connectivity index (χ2n) is 5.84. The highest BCUT2D eigenvalue weighted by Gasteiger charge is 2.27. The van der Waals surface area contributed by atoms with Gasteiger partial charge in [-0.3, -0.25) is 4.57 Å². The molecule has 4 rings (SSSR count). The number of nitrogens with zero attached hydrogens (tertiary/aromatic N) is 3. The zero-order valence-corrected chi connectivity index (χ0v) is 15.8. The number of hydrogen-bond acceptors (Lipinski definition) is 7. The molecule has 0 aliphatic carbocycles. The van der Waals surface area contributed by atoms with Gasteiger partial charge in [0.2, 0.25) is 12.5 Å². The van der Waals surface area contributed by atoms with E-state index in [1.807, 2.05) is 0 Å². The van der Waals surface area contributed by atoms with E-state index >= 15 is 0 Å². The van der Waals surface area contributed by atoms with Gasteiger partial charge in [-0.05, 0) is 18.2 Å². The molecule has 0 atom stereocenters. The summed E-state index contributed by atoms with van der Waals surface area (Å²) in [5.41, 5.74) is 1.18. The first-order chi connectivity index (χ1) is 13.4. The first-order valence-electron chi connectivity index (χ1n) is 8.05. The standard InChI is InChI=1S/C17H16N3O7P/c1-24-11-3-4-12(16(7-11)28(21,22)23)13-8-18-19-20(13)10-5-14(25-2)17-15(6-10)26-9-27-17/h3-8H,9H2,1-2H3,(H2,21,22,23). The van der Waals surface area contributed by atoms with Crippen LogP contribution >= 0.6 is 7.60 Å². The van der Waals surface area contributed by atoms with E-state index in [0.29, 0.717) is 34.4 Å². The minimum atomic E-state index is -4.60. The van der Waals surface area contributed by atoms with Crippen molar-refractivity contribution >= 4 is 12.9 Å². The summed E-state index contributed by atoms with van der Waals surface area (Å²) in [6, 6.07) is 7.81. The van der Waals surface area contributed by atoms with Gasteiger partial charge in [-0.15, -0.1) is 5.10 Å². The van der Waals surface area contributed by atoms with Crippen LogP contribution in [0, 0.1) is 0 Å². The fraction of sp³-hybridized carbons (Fsp3) is 0.176. The Hall–Kier alpha value is -3.07.